The Labute approximate surface area is 293 Å². The second kappa shape index (κ2) is 11.9. The summed E-state index contributed by atoms with van der Waals surface area (Å²) in [5.74, 6) is 1.70. The molecule has 5 heteroatoms. The summed E-state index contributed by atoms with van der Waals surface area (Å²) in [6.07, 6.45) is 0.778. The van der Waals surface area contributed by atoms with Gasteiger partial charge in [0, 0.05) is 32.7 Å². The standard InChI is InChI=1S/C46H29N3O2/c1-2-13-31(14-3-1)32-15-8-11-29(26-32)25-30-12-9-16-33(27-30)44-47-45(34-23-24-37-35-17-4-6-21-40(35)50-42(37)28-34)49-46(48-44)39-20-10-19-38-36-18-5-7-22-41(36)51-43(38)39/h1-24,26-28H,25H2. The average molecular weight is 656 g/mol. The van der Waals surface area contributed by atoms with Crippen molar-refractivity contribution in [3.8, 4) is 45.3 Å². The molecule has 5 nitrogen and oxygen atoms in total. The third kappa shape index (κ3) is 5.23. The first-order valence-corrected chi connectivity index (χ1v) is 17.1. The van der Waals surface area contributed by atoms with Crippen LogP contribution >= 0.6 is 0 Å². The third-order valence-corrected chi connectivity index (χ3v) is 9.55. The van der Waals surface area contributed by atoms with Crippen molar-refractivity contribution in [1.82, 2.24) is 15.0 Å². The molecule has 0 aliphatic heterocycles. The van der Waals surface area contributed by atoms with Crippen LogP contribution in [0, 0.1) is 0 Å². The van der Waals surface area contributed by atoms with Crippen molar-refractivity contribution in [2.24, 2.45) is 0 Å². The summed E-state index contributed by atoms with van der Waals surface area (Å²) in [6, 6.07) is 56.2. The van der Waals surface area contributed by atoms with Crippen molar-refractivity contribution in [1.29, 1.82) is 0 Å². The van der Waals surface area contributed by atoms with Gasteiger partial charge in [-0.3, -0.25) is 0 Å². The lowest BCUT2D eigenvalue weighted by Gasteiger charge is -2.10. The molecule has 3 heterocycles. The molecule has 3 aromatic heterocycles. The molecule has 240 valence electrons. The van der Waals surface area contributed by atoms with Crippen molar-refractivity contribution in [2.45, 2.75) is 6.42 Å². The molecule has 0 unspecified atom stereocenters. The molecule has 0 aliphatic carbocycles. The number of rotatable bonds is 6. The summed E-state index contributed by atoms with van der Waals surface area (Å²) in [5.41, 5.74) is 10.6. The maximum absolute atomic E-state index is 6.43. The predicted molar refractivity (Wildman–Crippen MR) is 205 cm³/mol. The minimum Gasteiger partial charge on any atom is -0.456 e. The second-order valence-corrected chi connectivity index (χ2v) is 12.8. The van der Waals surface area contributed by atoms with Gasteiger partial charge in [0.25, 0.3) is 0 Å². The zero-order valence-electron chi connectivity index (χ0n) is 27.5. The SMILES string of the molecule is c1ccc(-c2cccc(Cc3cccc(-c4nc(-c5ccc6c(c5)oc5ccccc56)nc(-c5cccc6c5oc5ccccc56)n4)c3)c2)cc1. The number of para-hydroxylation sites is 3. The first-order valence-electron chi connectivity index (χ1n) is 17.1. The molecule has 0 fully saturated rings. The molecule has 51 heavy (non-hydrogen) atoms. The maximum atomic E-state index is 6.43. The quantitative estimate of drug-likeness (QED) is 0.178. The average Bonchev–Trinajstić information content (AvgIpc) is 3.76. The molecule has 0 N–H and O–H groups in total. The van der Waals surface area contributed by atoms with Crippen LogP contribution in [-0.2, 0) is 6.42 Å². The molecule has 10 rings (SSSR count). The van der Waals surface area contributed by atoms with E-state index in [1.54, 1.807) is 0 Å². The Morgan fingerprint density at radius 2 is 0.902 bits per heavy atom. The molecule has 0 radical (unpaired) electrons. The Morgan fingerprint density at radius 3 is 1.69 bits per heavy atom. The van der Waals surface area contributed by atoms with E-state index in [9.17, 15) is 0 Å². The monoisotopic (exact) mass is 655 g/mol. The highest BCUT2D eigenvalue weighted by molar-refractivity contribution is 6.09. The van der Waals surface area contributed by atoms with E-state index in [2.05, 4.69) is 103 Å². The van der Waals surface area contributed by atoms with Crippen LogP contribution in [0.2, 0.25) is 0 Å². The number of aromatic nitrogens is 3. The number of furan rings is 2. The minimum atomic E-state index is 0.547. The maximum Gasteiger partial charge on any atom is 0.167 e. The van der Waals surface area contributed by atoms with Crippen molar-refractivity contribution >= 4 is 43.9 Å². The number of hydrogen-bond acceptors (Lipinski definition) is 5. The molecule has 0 aliphatic rings. The van der Waals surface area contributed by atoms with Crippen molar-refractivity contribution in [2.75, 3.05) is 0 Å². The number of hydrogen-bond donors (Lipinski definition) is 0. The van der Waals surface area contributed by atoms with Gasteiger partial charge in [-0.1, -0.05) is 127 Å². The molecule has 10 aromatic rings. The highest BCUT2D eigenvalue weighted by atomic mass is 16.3. The third-order valence-electron chi connectivity index (χ3n) is 9.55. The van der Waals surface area contributed by atoms with E-state index in [4.69, 9.17) is 23.8 Å². The van der Waals surface area contributed by atoms with Gasteiger partial charge >= 0.3 is 0 Å². The zero-order valence-corrected chi connectivity index (χ0v) is 27.5. The van der Waals surface area contributed by atoms with Gasteiger partial charge in [-0.05, 0) is 65.1 Å². The van der Waals surface area contributed by atoms with Gasteiger partial charge in [0.05, 0.1) is 5.56 Å². The first kappa shape index (κ1) is 29.1. The van der Waals surface area contributed by atoms with E-state index in [0.717, 1.165) is 67.0 Å². The second-order valence-electron chi connectivity index (χ2n) is 12.8. The number of fused-ring (bicyclic) bond motifs is 6. The Hall–Kier alpha value is -6.85. The molecule has 7 aromatic carbocycles. The van der Waals surface area contributed by atoms with E-state index in [1.807, 2.05) is 60.7 Å². The lowest BCUT2D eigenvalue weighted by Crippen LogP contribution is -2.01. The van der Waals surface area contributed by atoms with E-state index in [-0.39, 0.29) is 0 Å². The predicted octanol–water partition coefficient (Wildman–Crippen LogP) is 11.9. The van der Waals surface area contributed by atoms with Gasteiger partial charge in [-0.2, -0.15) is 0 Å². The molecule has 0 spiro atoms. The smallest absolute Gasteiger partial charge is 0.167 e. The van der Waals surface area contributed by atoms with E-state index in [0.29, 0.717) is 17.5 Å². The summed E-state index contributed by atoms with van der Waals surface area (Å²) in [5, 5.41) is 4.22. The molecular formula is C46H29N3O2. The first-order chi connectivity index (χ1) is 25.2. The van der Waals surface area contributed by atoms with Crippen LogP contribution in [0.15, 0.2) is 173 Å². The molecule has 0 atom stereocenters. The fourth-order valence-corrected chi connectivity index (χ4v) is 7.09. The fraction of sp³-hybridized carbons (Fsp3) is 0.0217. The largest absolute Gasteiger partial charge is 0.456 e. The van der Waals surface area contributed by atoms with Gasteiger partial charge in [0.2, 0.25) is 0 Å². The zero-order chi connectivity index (χ0) is 33.7. The van der Waals surface area contributed by atoms with Gasteiger partial charge in [0.1, 0.15) is 22.3 Å². The van der Waals surface area contributed by atoms with Crippen molar-refractivity contribution in [3.05, 3.63) is 175 Å². The van der Waals surface area contributed by atoms with E-state index < -0.39 is 0 Å². The van der Waals surface area contributed by atoms with Crippen LogP contribution in [0.1, 0.15) is 11.1 Å². The van der Waals surface area contributed by atoms with Crippen molar-refractivity contribution in [3.63, 3.8) is 0 Å². The fourth-order valence-electron chi connectivity index (χ4n) is 7.09. The Balaban J connectivity index is 1.11. The molecule has 0 saturated carbocycles. The van der Waals surface area contributed by atoms with Gasteiger partial charge in [0.15, 0.2) is 17.5 Å². The van der Waals surface area contributed by atoms with Crippen LogP contribution in [0.5, 0.6) is 0 Å². The topological polar surface area (TPSA) is 65.0 Å². The Morgan fingerprint density at radius 1 is 0.353 bits per heavy atom. The lowest BCUT2D eigenvalue weighted by molar-refractivity contribution is 0.668. The van der Waals surface area contributed by atoms with Crippen LogP contribution in [-0.4, -0.2) is 15.0 Å². The summed E-state index contributed by atoms with van der Waals surface area (Å²) < 4.78 is 12.7. The molecule has 0 amide bonds. The molecule has 0 bridgehead atoms. The Kier molecular flexibility index (Phi) is 6.81. The van der Waals surface area contributed by atoms with Crippen LogP contribution in [0.4, 0.5) is 0 Å². The van der Waals surface area contributed by atoms with Crippen LogP contribution < -0.4 is 0 Å². The van der Waals surface area contributed by atoms with Crippen LogP contribution in [0.3, 0.4) is 0 Å². The normalized spacial score (nSPS) is 11.6. The van der Waals surface area contributed by atoms with Gasteiger partial charge < -0.3 is 8.83 Å². The van der Waals surface area contributed by atoms with Gasteiger partial charge in [-0.25, -0.2) is 15.0 Å². The Bertz CT molecular complexity index is 2900. The molecule has 0 saturated heterocycles. The van der Waals surface area contributed by atoms with E-state index >= 15 is 0 Å². The minimum absolute atomic E-state index is 0.547. The number of benzene rings is 7. The highest BCUT2D eigenvalue weighted by Gasteiger charge is 2.19. The summed E-state index contributed by atoms with van der Waals surface area (Å²) in [4.78, 5) is 15.3. The van der Waals surface area contributed by atoms with E-state index in [1.165, 1.54) is 22.3 Å². The van der Waals surface area contributed by atoms with Crippen molar-refractivity contribution < 1.29 is 8.83 Å². The van der Waals surface area contributed by atoms with Gasteiger partial charge in [-0.15, -0.1) is 0 Å². The lowest BCUT2D eigenvalue weighted by atomic mass is 9.98. The molecular weight excluding hydrogens is 627 g/mol. The summed E-state index contributed by atoms with van der Waals surface area (Å²) in [6.45, 7) is 0. The highest BCUT2D eigenvalue weighted by Crippen LogP contribution is 2.37. The van der Waals surface area contributed by atoms with Crippen LogP contribution in [0.25, 0.3) is 89.2 Å². The number of nitrogens with zero attached hydrogens (tertiary/aromatic N) is 3. The summed E-state index contributed by atoms with van der Waals surface area (Å²) >= 11 is 0. The summed E-state index contributed by atoms with van der Waals surface area (Å²) in [7, 11) is 0.